The molecule has 160 valence electrons. The van der Waals surface area contributed by atoms with Crippen molar-refractivity contribution in [3.05, 3.63) is 77.7 Å². The van der Waals surface area contributed by atoms with Gasteiger partial charge in [0.15, 0.2) is 0 Å². The summed E-state index contributed by atoms with van der Waals surface area (Å²) in [5.41, 5.74) is 3.78. The van der Waals surface area contributed by atoms with Crippen molar-refractivity contribution in [1.82, 2.24) is 5.32 Å². The number of hydrogen-bond acceptors (Lipinski definition) is 5. The minimum Gasteiger partial charge on any atom is -0.495 e. The first-order valence-electron chi connectivity index (χ1n) is 10.2. The average Bonchev–Trinajstić information content (AvgIpc) is 3.45. The van der Waals surface area contributed by atoms with Gasteiger partial charge in [0, 0.05) is 18.8 Å². The highest BCUT2D eigenvalue weighted by atomic mass is 16.5. The maximum atomic E-state index is 12.6. The summed E-state index contributed by atoms with van der Waals surface area (Å²) < 4.78 is 10.9. The standard InChI is InChI=1S/C24H25N3O4/c1-16-9-10-21(30-2)18(14-16)26-24(29)23(28)25-15-20(22-8-5-13-31-22)27-12-11-17-6-3-4-7-19(17)27/h3-10,13-14,20H,11-12,15H2,1-2H3,(H,25,28)(H,26,29)/t20-/m1/s1. The number of amides is 2. The van der Waals surface area contributed by atoms with Gasteiger partial charge in [-0.2, -0.15) is 0 Å². The molecule has 7 nitrogen and oxygen atoms in total. The molecule has 1 aliphatic rings. The second-order valence-corrected chi connectivity index (χ2v) is 7.47. The third-order valence-electron chi connectivity index (χ3n) is 5.44. The number of para-hydroxylation sites is 1. The van der Waals surface area contributed by atoms with Crippen LogP contribution in [0, 0.1) is 6.92 Å². The molecule has 2 heterocycles. The fourth-order valence-corrected chi connectivity index (χ4v) is 3.90. The van der Waals surface area contributed by atoms with E-state index in [1.165, 1.54) is 12.7 Å². The molecule has 1 aromatic heterocycles. The van der Waals surface area contributed by atoms with E-state index in [1.807, 2.05) is 37.3 Å². The molecule has 31 heavy (non-hydrogen) atoms. The van der Waals surface area contributed by atoms with Crippen LogP contribution in [0.2, 0.25) is 0 Å². The van der Waals surface area contributed by atoms with E-state index in [-0.39, 0.29) is 12.6 Å². The highest BCUT2D eigenvalue weighted by molar-refractivity contribution is 6.39. The predicted molar refractivity (Wildman–Crippen MR) is 118 cm³/mol. The lowest BCUT2D eigenvalue weighted by atomic mass is 10.1. The van der Waals surface area contributed by atoms with Gasteiger partial charge in [-0.15, -0.1) is 0 Å². The van der Waals surface area contributed by atoms with Gasteiger partial charge in [0.1, 0.15) is 17.6 Å². The van der Waals surface area contributed by atoms with E-state index in [0.29, 0.717) is 11.4 Å². The maximum Gasteiger partial charge on any atom is 0.313 e. The normalized spacial score (nSPS) is 13.4. The Morgan fingerprint density at radius 1 is 1.13 bits per heavy atom. The summed E-state index contributed by atoms with van der Waals surface area (Å²) >= 11 is 0. The SMILES string of the molecule is COc1ccc(C)cc1NC(=O)C(=O)NC[C@H](c1ccco1)N1CCc2ccccc21. The molecule has 0 radical (unpaired) electrons. The van der Waals surface area contributed by atoms with Crippen LogP contribution in [0.3, 0.4) is 0 Å². The molecule has 4 rings (SSSR count). The topological polar surface area (TPSA) is 83.8 Å². The largest absolute Gasteiger partial charge is 0.495 e. The molecular weight excluding hydrogens is 394 g/mol. The zero-order chi connectivity index (χ0) is 21.8. The second-order valence-electron chi connectivity index (χ2n) is 7.47. The van der Waals surface area contributed by atoms with E-state index in [4.69, 9.17) is 9.15 Å². The second kappa shape index (κ2) is 8.95. The number of anilines is 2. The molecule has 2 aromatic carbocycles. The Bertz CT molecular complexity index is 1080. The van der Waals surface area contributed by atoms with Crippen molar-refractivity contribution in [2.45, 2.75) is 19.4 Å². The molecule has 3 aromatic rings. The van der Waals surface area contributed by atoms with Crippen molar-refractivity contribution in [2.75, 3.05) is 30.4 Å². The van der Waals surface area contributed by atoms with Crippen LogP contribution in [0.25, 0.3) is 0 Å². The van der Waals surface area contributed by atoms with Gasteiger partial charge < -0.3 is 24.7 Å². The lowest BCUT2D eigenvalue weighted by Gasteiger charge is -2.29. The molecule has 0 saturated carbocycles. The molecule has 1 atom stereocenters. The van der Waals surface area contributed by atoms with Crippen molar-refractivity contribution < 1.29 is 18.7 Å². The molecule has 0 unspecified atom stereocenters. The Kier molecular flexibility index (Phi) is 5.93. The number of carbonyl (C=O) groups is 2. The van der Waals surface area contributed by atoms with Gasteiger partial charge in [0.2, 0.25) is 0 Å². The van der Waals surface area contributed by atoms with Gasteiger partial charge in [-0.3, -0.25) is 9.59 Å². The zero-order valence-corrected chi connectivity index (χ0v) is 17.6. The maximum absolute atomic E-state index is 12.6. The molecule has 1 aliphatic heterocycles. The van der Waals surface area contributed by atoms with Gasteiger partial charge in [0.05, 0.1) is 19.1 Å². The molecule has 0 saturated heterocycles. The Labute approximate surface area is 181 Å². The summed E-state index contributed by atoms with van der Waals surface area (Å²) in [4.78, 5) is 27.3. The number of aryl methyl sites for hydroxylation is 1. The Morgan fingerprint density at radius 3 is 2.74 bits per heavy atom. The van der Waals surface area contributed by atoms with Crippen molar-refractivity contribution in [1.29, 1.82) is 0 Å². The highest BCUT2D eigenvalue weighted by Gasteiger charge is 2.29. The van der Waals surface area contributed by atoms with Crippen LogP contribution < -0.4 is 20.3 Å². The molecule has 2 N–H and O–H groups in total. The number of ether oxygens (including phenoxy) is 1. The van der Waals surface area contributed by atoms with Crippen molar-refractivity contribution in [2.24, 2.45) is 0 Å². The molecular formula is C24H25N3O4. The lowest BCUT2D eigenvalue weighted by Crippen LogP contribution is -2.41. The summed E-state index contributed by atoms with van der Waals surface area (Å²) in [5, 5.41) is 5.39. The lowest BCUT2D eigenvalue weighted by molar-refractivity contribution is -0.136. The molecule has 0 aliphatic carbocycles. The number of benzene rings is 2. The number of furan rings is 1. The number of nitrogens with one attached hydrogen (secondary N) is 2. The van der Waals surface area contributed by atoms with E-state index in [9.17, 15) is 9.59 Å². The van der Waals surface area contributed by atoms with E-state index in [0.717, 1.165) is 30.0 Å². The highest BCUT2D eigenvalue weighted by Crippen LogP contribution is 2.35. The molecule has 7 heteroatoms. The van der Waals surface area contributed by atoms with E-state index in [1.54, 1.807) is 18.4 Å². The van der Waals surface area contributed by atoms with Crippen LogP contribution in [0.1, 0.15) is 22.9 Å². The number of methoxy groups -OCH3 is 1. The van der Waals surface area contributed by atoms with Gasteiger partial charge >= 0.3 is 11.8 Å². The minimum atomic E-state index is -0.746. The van der Waals surface area contributed by atoms with Crippen LogP contribution in [-0.4, -0.2) is 32.0 Å². The summed E-state index contributed by atoms with van der Waals surface area (Å²) in [5.74, 6) is -0.233. The number of fused-ring (bicyclic) bond motifs is 1. The fraction of sp³-hybridized carbons (Fsp3) is 0.250. The zero-order valence-electron chi connectivity index (χ0n) is 17.6. The quantitative estimate of drug-likeness (QED) is 0.598. The number of hydrogen-bond donors (Lipinski definition) is 2. The first kappa shape index (κ1) is 20.5. The van der Waals surface area contributed by atoms with Gasteiger partial charge in [-0.25, -0.2) is 0 Å². The molecule has 0 bridgehead atoms. The first-order valence-corrected chi connectivity index (χ1v) is 10.2. The summed E-state index contributed by atoms with van der Waals surface area (Å²) in [6, 6.07) is 17.1. The monoisotopic (exact) mass is 419 g/mol. The third-order valence-corrected chi connectivity index (χ3v) is 5.44. The van der Waals surface area contributed by atoms with Crippen LogP contribution in [0.4, 0.5) is 11.4 Å². The van der Waals surface area contributed by atoms with E-state index >= 15 is 0 Å². The number of rotatable bonds is 6. The molecule has 2 amide bonds. The fourth-order valence-electron chi connectivity index (χ4n) is 3.90. The van der Waals surface area contributed by atoms with Gasteiger partial charge in [-0.1, -0.05) is 24.3 Å². The number of carbonyl (C=O) groups excluding carboxylic acids is 2. The van der Waals surface area contributed by atoms with Crippen LogP contribution in [0.15, 0.2) is 65.3 Å². The molecule has 0 spiro atoms. The first-order chi connectivity index (χ1) is 15.1. The number of nitrogens with zero attached hydrogens (tertiary/aromatic N) is 1. The average molecular weight is 419 g/mol. The van der Waals surface area contributed by atoms with E-state index in [2.05, 4.69) is 27.7 Å². The van der Waals surface area contributed by atoms with E-state index < -0.39 is 11.8 Å². The smallest absolute Gasteiger partial charge is 0.313 e. The summed E-state index contributed by atoms with van der Waals surface area (Å²) in [7, 11) is 1.52. The summed E-state index contributed by atoms with van der Waals surface area (Å²) in [6.45, 7) is 2.95. The van der Waals surface area contributed by atoms with Crippen molar-refractivity contribution in [3.63, 3.8) is 0 Å². The summed E-state index contributed by atoms with van der Waals surface area (Å²) in [6.07, 6.45) is 2.54. The Morgan fingerprint density at radius 2 is 1.97 bits per heavy atom. The van der Waals surface area contributed by atoms with Crippen molar-refractivity contribution >= 4 is 23.2 Å². The Hall–Kier alpha value is -3.74. The minimum absolute atomic E-state index is 0.219. The predicted octanol–water partition coefficient (Wildman–Crippen LogP) is 3.46. The van der Waals surface area contributed by atoms with Crippen molar-refractivity contribution in [3.8, 4) is 5.75 Å². The molecule has 0 fully saturated rings. The third kappa shape index (κ3) is 4.40. The van der Waals surface area contributed by atoms with Gasteiger partial charge in [-0.05, 0) is 54.8 Å². The van der Waals surface area contributed by atoms with Crippen LogP contribution in [0.5, 0.6) is 5.75 Å². The van der Waals surface area contributed by atoms with Gasteiger partial charge in [0.25, 0.3) is 0 Å². The Balaban J connectivity index is 1.46. The van der Waals surface area contributed by atoms with Crippen LogP contribution in [-0.2, 0) is 16.0 Å². The van der Waals surface area contributed by atoms with Crippen LogP contribution >= 0.6 is 0 Å².